The zero-order chi connectivity index (χ0) is 45.6. The van der Waals surface area contributed by atoms with E-state index in [0.29, 0.717) is 19.3 Å². The van der Waals surface area contributed by atoms with E-state index < -0.39 is 18.1 Å². The lowest BCUT2D eigenvalue weighted by molar-refractivity contribution is -0.887. The van der Waals surface area contributed by atoms with E-state index >= 15 is 0 Å². The summed E-state index contributed by atoms with van der Waals surface area (Å²) >= 11 is 0. The summed E-state index contributed by atoms with van der Waals surface area (Å²) in [5, 5.41) is 9.64. The van der Waals surface area contributed by atoms with Crippen LogP contribution in [0.25, 0.3) is 0 Å². The van der Waals surface area contributed by atoms with E-state index in [9.17, 15) is 19.5 Å². The Balaban J connectivity index is 4.38. The first-order valence-corrected chi connectivity index (χ1v) is 24.3. The number of hydrogen-bond donors (Lipinski definition) is 1. The number of rotatable bonds is 42. The first-order valence-electron chi connectivity index (χ1n) is 24.3. The number of likely N-dealkylation sites (N-methyl/N-ethyl adjacent to an activating group) is 1. The fourth-order valence-electron chi connectivity index (χ4n) is 6.56. The highest BCUT2D eigenvalue weighted by molar-refractivity contribution is 5.72. The molecule has 0 fully saturated rings. The predicted molar refractivity (Wildman–Crippen MR) is 261 cm³/mol. The Hall–Kier alpha value is -3.75. The number of carbonyl (C=O) groups excluding carboxylic acids is 2. The molecular formula is C54H90NO7+. The number of carbonyl (C=O) groups is 3. The fraction of sp³-hybridized carbons (Fsp3) is 0.648. The van der Waals surface area contributed by atoms with E-state index in [2.05, 4.69) is 111 Å². The van der Waals surface area contributed by atoms with Gasteiger partial charge in [-0.05, 0) is 77.0 Å². The van der Waals surface area contributed by atoms with Gasteiger partial charge in [0.25, 0.3) is 0 Å². The van der Waals surface area contributed by atoms with Crippen LogP contribution in [0.3, 0.4) is 0 Å². The summed E-state index contributed by atoms with van der Waals surface area (Å²) in [6.07, 6.45) is 58.7. The van der Waals surface area contributed by atoms with Crippen molar-refractivity contribution >= 4 is 17.9 Å². The van der Waals surface area contributed by atoms with Crippen molar-refractivity contribution in [3.8, 4) is 0 Å². The lowest BCUT2D eigenvalue weighted by atomic mass is 10.1. The molecule has 352 valence electrons. The average Bonchev–Trinajstić information content (AvgIpc) is 3.23. The average molecular weight is 865 g/mol. The second kappa shape index (κ2) is 43.9. The van der Waals surface area contributed by atoms with Gasteiger partial charge in [0, 0.05) is 19.3 Å². The summed E-state index contributed by atoms with van der Waals surface area (Å²) in [4.78, 5) is 37.1. The highest BCUT2D eigenvalue weighted by Crippen LogP contribution is 2.13. The molecule has 1 N–H and O–H groups in total. The fourth-order valence-corrected chi connectivity index (χ4v) is 6.56. The second-order valence-electron chi connectivity index (χ2n) is 17.1. The monoisotopic (exact) mass is 865 g/mol. The van der Waals surface area contributed by atoms with E-state index in [1.54, 1.807) is 0 Å². The maximum atomic E-state index is 12.8. The predicted octanol–water partition coefficient (Wildman–Crippen LogP) is 13.9. The van der Waals surface area contributed by atoms with Gasteiger partial charge in [-0.25, -0.2) is 4.79 Å². The summed E-state index contributed by atoms with van der Waals surface area (Å²) < 4.78 is 17.3. The van der Waals surface area contributed by atoms with Gasteiger partial charge in [-0.15, -0.1) is 0 Å². The summed E-state index contributed by atoms with van der Waals surface area (Å²) in [6, 6.07) is -0.627. The van der Waals surface area contributed by atoms with E-state index in [1.807, 2.05) is 21.1 Å². The lowest BCUT2D eigenvalue weighted by Crippen LogP contribution is -2.50. The van der Waals surface area contributed by atoms with Crippen molar-refractivity contribution < 1.29 is 38.2 Å². The zero-order valence-electron chi connectivity index (χ0n) is 40.0. The van der Waals surface area contributed by atoms with Crippen LogP contribution in [0.1, 0.15) is 174 Å². The second-order valence-corrected chi connectivity index (χ2v) is 17.1. The number of hydrogen-bond acceptors (Lipinski definition) is 6. The number of nitrogens with zero attached hydrogens (tertiary/aromatic N) is 1. The highest BCUT2D eigenvalue weighted by Gasteiger charge is 2.31. The molecule has 0 rings (SSSR count). The third kappa shape index (κ3) is 41.6. The summed E-state index contributed by atoms with van der Waals surface area (Å²) in [5.74, 6) is -1.52. The number of ether oxygens (including phenoxy) is 3. The Morgan fingerprint density at radius 3 is 1.48 bits per heavy atom. The standard InChI is InChI=1S/C54H89NO7/c1-6-8-10-12-14-16-18-20-22-24-26-27-29-31-33-35-37-39-41-43-45-53(57)62-50(48-60-47-46-51(54(58)59)55(3,4)5)49-61-52(56)44-42-40-38-36-34-32-30-28-25-23-21-19-17-15-13-11-9-7-2/h8,10,14-17,19-23,25-28,30,50-51H,6-7,9,11-13,18,24,29,31-49H2,1-5H3/p+1/b10-8+,16-14+,17-15+,21-19+,22-20+,25-23+,27-26+,30-28+. The molecule has 2 atom stereocenters. The number of carboxylic acids is 1. The first-order chi connectivity index (χ1) is 30.1. The Morgan fingerprint density at radius 2 is 0.968 bits per heavy atom. The molecule has 8 heteroatoms. The van der Waals surface area contributed by atoms with Gasteiger partial charge < -0.3 is 23.8 Å². The minimum atomic E-state index is -0.884. The summed E-state index contributed by atoms with van der Waals surface area (Å²) in [6.45, 7) is 4.54. The molecule has 0 saturated heterocycles. The molecule has 62 heavy (non-hydrogen) atoms. The quantitative estimate of drug-likeness (QED) is 0.0214. The number of esters is 2. The number of allylic oxidation sites excluding steroid dienone is 16. The Kier molecular flexibility index (Phi) is 41.2. The van der Waals surface area contributed by atoms with Gasteiger partial charge in [0.05, 0.1) is 34.4 Å². The van der Waals surface area contributed by atoms with E-state index in [-0.39, 0.29) is 36.2 Å². The molecule has 0 spiro atoms. The van der Waals surface area contributed by atoms with Crippen molar-refractivity contribution in [2.75, 3.05) is 41.0 Å². The van der Waals surface area contributed by atoms with Gasteiger partial charge in [-0.1, -0.05) is 175 Å². The van der Waals surface area contributed by atoms with Crippen molar-refractivity contribution in [1.29, 1.82) is 0 Å². The van der Waals surface area contributed by atoms with Crippen LogP contribution in [0.5, 0.6) is 0 Å². The SMILES string of the molecule is CC/C=C/C/C=C/C/C=C/C/C=C/CCCCCCCCCC(=O)OC(COCCC(C(=O)O)[N+](C)(C)C)COC(=O)CCCCCCC/C=C/C=C/C=C/C=C/CCCCC. The highest BCUT2D eigenvalue weighted by atomic mass is 16.6. The molecule has 0 saturated carbocycles. The van der Waals surface area contributed by atoms with E-state index in [0.717, 1.165) is 103 Å². The third-order valence-corrected chi connectivity index (χ3v) is 10.3. The maximum absolute atomic E-state index is 12.8. The molecule has 0 amide bonds. The van der Waals surface area contributed by atoms with Gasteiger partial charge in [0.1, 0.15) is 6.61 Å². The van der Waals surface area contributed by atoms with Gasteiger partial charge in [-0.2, -0.15) is 0 Å². The number of unbranched alkanes of at least 4 members (excludes halogenated alkanes) is 15. The van der Waals surface area contributed by atoms with Crippen molar-refractivity contribution in [2.24, 2.45) is 0 Å². The lowest BCUT2D eigenvalue weighted by Gasteiger charge is -2.31. The van der Waals surface area contributed by atoms with Crippen molar-refractivity contribution in [1.82, 2.24) is 0 Å². The van der Waals surface area contributed by atoms with Gasteiger partial charge in [0.2, 0.25) is 0 Å². The van der Waals surface area contributed by atoms with E-state index in [4.69, 9.17) is 14.2 Å². The Bertz CT molecular complexity index is 1330. The maximum Gasteiger partial charge on any atom is 0.362 e. The number of quaternary nitrogens is 1. The van der Waals surface area contributed by atoms with Crippen LogP contribution in [0.15, 0.2) is 97.2 Å². The molecule has 0 aromatic rings. The number of aliphatic carboxylic acids is 1. The molecule has 0 heterocycles. The largest absolute Gasteiger partial charge is 0.477 e. The molecule has 0 aliphatic heterocycles. The topological polar surface area (TPSA) is 99.1 Å². The molecule has 0 bridgehead atoms. The molecular weight excluding hydrogens is 775 g/mol. The Labute approximate surface area is 379 Å². The molecule has 2 unspecified atom stereocenters. The van der Waals surface area contributed by atoms with Crippen LogP contribution < -0.4 is 0 Å². The van der Waals surface area contributed by atoms with Crippen LogP contribution in [0, 0.1) is 0 Å². The summed E-state index contributed by atoms with van der Waals surface area (Å²) in [5.41, 5.74) is 0. The Morgan fingerprint density at radius 1 is 0.516 bits per heavy atom. The van der Waals surface area contributed by atoms with Crippen LogP contribution in [0.2, 0.25) is 0 Å². The smallest absolute Gasteiger partial charge is 0.362 e. The van der Waals surface area contributed by atoms with Gasteiger partial charge in [-0.3, -0.25) is 9.59 Å². The van der Waals surface area contributed by atoms with Crippen LogP contribution in [-0.2, 0) is 28.6 Å². The first kappa shape index (κ1) is 58.2. The minimum absolute atomic E-state index is 0.0425. The van der Waals surface area contributed by atoms with Crippen LogP contribution in [0.4, 0.5) is 0 Å². The summed E-state index contributed by atoms with van der Waals surface area (Å²) in [7, 11) is 5.51. The van der Waals surface area contributed by atoms with Gasteiger partial charge in [0.15, 0.2) is 12.1 Å². The zero-order valence-corrected chi connectivity index (χ0v) is 40.0. The molecule has 0 aliphatic carbocycles. The van der Waals surface area contributed by atoms with Crippen molar-refractivity contribution in [3.05, 3.63) is 97.2 Å². The number of carboxylic acid groups (broad SMARTS) is 1. The molecule has 0 aromatic heterocycles. The van der Waals surface area contributed by atoms with Gasteiger partial charge >= 0.3 is 17.9 Å². The minimum Gasteiger partial charge on any atom is -0.477 e. The van der Waals surface area contributed by atoms with Crippen molar-refractivity contribution in [3.63, 3.8) is 0 Å². The van der Waals surface area contributed by atoms with Crippen molar-refractivity contribution in [2.45, 2.75) is 187 Å². The van der Waals surface area contributed by atoms with Crippen LogP contribution in [-0.4, -0.2) is 80.6 Å². The van der Waals surface area contributed by atoms with E-state index in [1.165, 1.54) is 38.5 Å². The normalized spacial score (nSPS) is 13.8. The third-order valence-electron chi connectivity index (χ3n) is 10.3. The molecule has 0 aromatic carbocycles. The van der Waals surface area contributed by atoms with Crippen LogP contribution >= 0.6 is 0 Å². The molecule has 8 nitrogen and oxygen atoms in total. The molecule has 0 radical (unpaired) electrons. The molecule has 0 aliphatic rings.